The summed E-state index contributed by atoms with van der Waals surface area (Å²) >= 11 is 0. The van der Waals surface area contributed by atoms with Gasteiger partial charge in [-0.1, -0.05) is 24.3 Å². The summed E-state index contributed by atoms with van der Waals surface area (Å²) in [6, 6.07) is 17.4. The Labute approximate surface area is 140 Å². The monoisotopic (exact) mass is 318 g/mol. The van der Waals surface area contributed by atoms with E-state index in [1.165, 1.54) is 0 Å². The molecule has 3 rings (SSSR count). The van der Waals surface area contributed by atoms with Crippen LogP contribution < -0.4 is 10.1 Å². The number of fused-ring (bicyclic) bond motifs is 1. The third kappa shape index (κ3) is 3.98. The Bertz CT molecular complexity index is 870. The smallest absolute Gasteiger partial charge is 0.244 e. The van der Waals surface area contributed by atoms with E-state index in [2.05, 4.69) is 10.3 Å². The Hall–Kier alpha value is -3.14. The molecule has 0 saturated heterocycles. The van der Waals surface area contributed by atoms with Crippen LogP contribution in [0.4, 0.5) is 0 Å². The Kier molecular flexibility index (Phi) is 4.87. The molecule has 1 heterocycles. The van der Waals surface area contributed by atoms with Gasteiger partial charge in [0.25, 0.3) is 0 Å². The van der Waals surface area contributed by atoms with Crippen LogP contribution >= 0.6 is 0 Å². The first-order valence-electron chi connectivity index (χ1n) is 7.68. The van der Waals surface area contributed by atoms with Crippen molar-refractivity contribution in [1.29, 1.82) is 0 Å². The number of hydrogen-bond donors (Lipinski definition) is 1. The first-order valence-corrected chi connectivity index (χ1v) is 7.68. The molecule has 2 aromatic carbocycles. The van der Waals surface area contributed by atoms with Gasteiger partial charge in [-0.15, -0.1) is 0 Å². The van der Waals surface area contributed by atoms with E-state index >= 15 is 0 Å². The second kappa shape index (κ2) is 7.42. The Morgan fingerprint density at radius 3 is 2.79 bits per heavy atom. The van der Waals surface area contributed by atoms with E-state index < -0.39 is 0 Å². The molecule has 0 fully saturated rings. The molecule has 0 aliphatic rings. The summed E-state index contributed by atoms with van der Waals surface area (Å²) in [4.78, 5) is 16.2. The third-order valence-corrected chi connectivity index (χ3v) is 3.68. The number of rotatable bonds is 5. The van der Waals surface area contributed by atoms with Crippen molar-refractivity contribution in [3.63, 3.8) is 0 Å². The van der Waals surface area contributed by atoms with Gasteiger partial charge in [0, 0.05) is 24.2 Å². The number of ether oxygens (including phenoxy) is 1. The predicted molar refractivity (Wildman–Crippen MR) is 95.6 cm³/mol. The van der Waals surface area contributed by atoms with Gasteiger partial charge in [-0.3, -0.25) is 9.78 Å². The Morgan fingerprint density at radius 2 is 2.00 bits per heavy atom. The lowest BCUT2D eigenvalue weighted by molar-refractivity contribution is -0.116. The van der Waals surface area contributed by atoms with Gasteiger partial charge in [-0.2, -0.15) is 0 Å². The Balaban J connectivity index is 1.59. The summed E-state index contributed by atoms with van der Waals surface area (Å²) in [6.45, 7) is 0.481. The zero-order valence-corrected chi connectivity index (χ0v) is 13.4. The molecule has 1 amide bonds. The van der Waals surface area contributed by atoms with Crippen molar-refractivity contribution in [2.24, 2.45) is 0 Å². The van der Waals surface area contributed by atoms with Crippen LogP contribution in [0.15, 0.2) is 66.9 Å². The zero-order valence-electron chi connectivity index (χ0n) is 13.4. The molecular weight excluding hydrogens is 300 g/mol. The highest BCUT2D eigenvalue weighted by atomic mass is 16.5. The highest BCUT2D eigenvalue weighted by molar-refractivity contribution is 5.92. The largest absolute Gasteiger partial charge is 0.497 e. The molecule has 0 saturated carbocycles. The van der Waals surface area contributed by atoms with Crippen LogP contribution in [-0.2, 0) is 11.3 Å². The van der Waals surface area contributed by atoms with Gasteiger partial charge in [0.1, 0.15) is 5.75 Å². The van der Waals surface area contributed by atoms with Crippen LogP contribution in [0.2, 0.25) is 0 Å². The average molecular weight is 318 g/mol. The number of methoxy groups -OCH3 is 1. The van der Waals surface area contributed by atoms with Crippen LogP contribution in [0.3, 0.4) is 0 Å². The summed E-state index contributed by atoms with van der Waals surface area (Å²) in [7, 11) is 1.63. The minimum absolute atomic E-state index is 0.128. The number of hydrogen-bond acceptors (Lipinski definition) is 3. The summed E-state index contributed by atoms with van der Waals surface area (Å²) in [5.74, 6) is 0.674. The number of pyridine rings is 1. The topological polar surface area (TPSA) is 51.2 Å². The van der Waals surface area contributed by atoms with Gasteiger partial charge in [-0.25, -0.2) is 0 Å². The van der Waals surface area contributed by atoms with Crippen molar-refractivity contribution in [2.75, 3.05) is 7.11 Å². The van der Waals surface area contributed by atoms with Crippen LogP contribution in [-0.4, -0.2) is 18.0 Å². The molecule has 120 valence electrons. The van der Waals surface area contributed by atoms with Crippen molar-refractivity contribution in [3.8, 4) is 5.75 Å². The van der Waals surface area contributed by atoms with Gasteiger partial charge in [0.2, 0.25) is 5.91 Å². The summed E-state index contributed by atoms with van der Waals surface area (Å²) in [6.07, 6.45) is 5.11. The number of carbonyl (C=O) groups is 1. The zero-order chi connectivity index (χ0) is 16.8. The maximum absolute atomic E-state index is 11.9. The first-order chi connectivity index (χ1) is 11.7. The minimum atomic E-state index is -0.128. The van der Waals surface area contributed by atoms with E-state index in [4.69, 9.17) is 4.74 Å². The Morgan fingerprint density at radius 1 is 1.17 bits per heavy atom. The fourth-order valence-corrected chi connectivity index (χ4v) is 2.36. The van der Waals surface area contributed by atoms with Crippen LogP contribution in [0, 0.1) is 0 Å². The van der Waals surface area contributed by atoms with Crippen LogP contribution in [0.5, 0.6) is 5.75 Å². The second-order valence-electron chi connectivity index (χ2n) is 5.35. The van der Waals surface area contributed by atoms with E-state index in [-0.39, 0.29) is 5.91 Å². The van der Waals surface area contributed by atoms with Crippen molar-refractivity contribution in [3.05, 3.63) is 78.0 Å². The molecule has 4 heteroatoms. The molecule has 0 bridgehead atoms. The van der Waals surface area contributed by atoms with Gasteiger partial charge >= 0.3 is 0 Å². The number of amides is 1. The molecular formula is C20H18N2O2. The van der Waals surface area contributed by atoms with E-state index in [9.17, 15) is 4.79 Å². The molecule has 1 N–H and O–H groups in total. The maximum Gasteiger partial charge on any atom is 0.244 e. The molecule has 0 atom stereocenters. The molecule has 0 spiro atoms. The van der Waals surface area contributed by atoms with Crippen molar-refractivity contribution >= 4 is 22.9 Å². The normalized spacial score (nSPS) is 10.9. The van der Waals surface area contributed by atoms with Crippen molar-refractivity contribution in [1.82, 2.24) is 10.3 Å². The minimum Gasteiger partial charge on any atom is -0.497 e. The SMILES string of the molecule is COc1ccc(CNC(=O)C=Cc2ccc3ncccc3c2)cc1. The molecule has 4 nitrogen and oxygen atoms in total. The lowest BCUT2D eigenvalue weighted by Crippen LogP contribution is -2.20. The molecule has 24 heavy (non-hydrogen) atoms. The van der Waals surface area contributed by atoms with Crippen molar-refractivity contribution < 1.29 is 9.53 Å². The fourth-order valence-electron chi connectivity index (χ4n) is 2.36. The average Bonchev–Trinajstić information content (AvgIpc) is 2.65. The predicted octanol–water partition coefficient (Wildman–Crippen LogP) is 3.57. The fraction of sp³-hybridized carbons (Fsp3) is 0.100. The second-order valence-corrected chi connectivity index (χ2v) is 5.35. The molecule has 0 aliphatic heterocycles. The summed E-state index contributed by atoms with van der Waals surface area (Å²) in [5.41, 5.74) is 2.93. The lowest BCUT2D eigenvalue weighted by Gasteiger charge is -2.04. The van der Waals surface area contributed by atoms with E-state index in [0.717, 1.165) is 27.8 Å². The van der Waals surface area contributed by atoms with Gasteiger partial charge in [0.05, 0.1) is 12.6 Å². The highest BCUT2D eigenvalue weighted by Crippen LogP contribution is 2.14. The number of benzene rings is 2. The first kappa shape index (κ1) is 15.7. The van der Waals surface area contributed by atoms with Crippen LogP contribution in [0.1, 0.15) is 11.1 Å². The highest BCUT2D eigenvalue weighted by Gasteiger charge is 1.99. The van der Waals surface area contributed by atoms with Gasteiger partial charge < -0.3 is 10.1 Å². The summed E-state index contributed by atoms with van der Waals surface area (Å²) < 4.78 is 5.11. The number of carbonyl (C=O) groups excluding carboxylic acids is 1. The quantitative estimate of drug-likeness (QED) is 0.732. The number of nitrogens with one attached hydrogen (secondary N) is 1. The van der Waals surface area contributed by atoms with Crippen molar-refractivity contribution in [2.45, 2.75) is 6.54 Å². The standard InChI is InChI=1S/C20H18N2O2/c1-24-18-8-4-16(5-9-18)14-22-20(23)11-7-15-6-10-19-17(13-15)3-2-12-21-19/h2-13H,14H2,1H3,(H,22,23). The summed E-state index contributed by atoms with van der Waals surface area (Å²) in [5, 5.41) is 3.92. The molecule has 0 unspecified atom stereocenters. The van der Waals surface area contributed by atoms with Gasteiger partial charge in [-0.05, 0) is 47.5 Å². The maximum atomic E-state index is 11.9. The molecule has 1 aromatic heterocycles. The lowest BCUT2D eigenvalue weighted by atomic mass is 10.1. The number of aromatic nitrogens is 1. The molecule has 0 radical (unpaired) electrons. The third-order valence-electron chi connectivity index (χ3n) is 3.68. The van der Waals surface area contributed by atoms with Crippen LogP contribution in [0.25, 0.3) is 17.0 Å². The molecule has 0 aliphatic carbocycles. The number of nitrogens with zero attached hydrogens (tertiary/aromatic N) is 1. The van der Waals surface area contributed by atoms with E-state index in [1.807, 2.05) is 54.6 Å². The van der Waals surface area contributed by atoms with E-state index in [1.54, 1.807) is 25.5 Å². The molecule has 3 aromatic rings. The van der Waals surface area contributed by atoms with E-state index in [0.29, 0.717) is 6.54 Å². The van der Waals surface area contributed by atoms with Gasteiger partial charge in [0.15, 0.2) is 0 Å².